The predicted molar refractivity (Wildman–Crippen MR) is 73.4 cm³/mol. The molecule has 0 fully saturated rings. The van der Waals surface area contributed by atoms with E-state index in [9.17, 15) is 9.59 Å². The van der Waals surface area contributed by atoms with Crippen molar-refractivity contribution in [2.75, 3.05) is 19.7 Å². The summed E-state index contributed by atoms with van der Waals surface area (Å²) in [7, 11) is 0. The van der Waals surface area contributed by atoms with Crippen LogP contribution in [0.3, 0.4) is 0 Å². The summed E-state index contributed by atoms with van der Waals surface area (Å²) >= 11 is 0. The van der Waals surface area contributed by atoms with Gasteiger partial charge in [-0.1, -0.05) is 32.6 Å². The molecule has 0 saturated carbocycles. The lowest BCUT2D eigenvalue weighted by Gasteiger charge is -2.06. The number of hydrogen-bond donors (Lipinski definition) is 3. The molecule has 0 spiro atoms. The SMILES string of the molecule is CCCCCOC(=O)NCCCCCCNC(=O)O. The molecule has 0 aliphatic rings. The van der Waals surface area contributed by atoms with Crippen molar-refractivity contribution in [2.45, 2.75) is 51.9 Å². The van der Waals surface area contributed by atoms with Gasteiger partial charge in [0.15, 0.2) is 0 Å². The fourth-order valence-electron chi connectivity index (χ4n) is 1.56. The van der Waals surface area contributed by atoms with Crippen LogP contribution in [0.25, 0.3) is 0 Å². The van der Waals surface area contributed by atoms with Gasteiger partial charge in [-0.15, -0.1) is 0 Å². The van der Waals surface area contributed by atoms with E-state index in [1.165, 1.54) is 0 Å². The van der Waals surface area contributed by atoms with E-state index in [4.69, 9.17) is 9.84 Å². The summed E-state index contributed by atoms with van der Waals surface area (Å²) in [5.41, 5.74) is 0. The molecule has 0 aromatic carbocycles. The Balaban J connectivity index is 3.16. The van der Waals surface area contributed by atoms with E-state index < -0.39 is 6.09 Å². The third-order valence-corrected chi connectivity index (χ3v) is 2.63. The lowest BCUT2D eigenvalue weighted by atomic mass is 10.2. The molecule has 0 rings (SSSR count). The maximum Gasteiger partial charge on any atom is 0.407 e. The van der Waals surface area contributed by atoms with Gasteiger partial charge in [-0.05, 0) is 19.3 Å². The summed E-state index contributed by atoms with van der Waals surface area (Å²) in [6.45, 7) is 3.69. The number of carbonyl (C=O) groups excluding carboxylic acids is 1. The van der Waals surface area contributed by atoms with Gasteiger partial charge in [0.05, 0.1) is 6.61 Å². The molecule has 112 valence electrons. The average Bonchev–Trinajstić information content (AvgIpc) is 2.37. The second kappa shape index (κ2) is 13.0. The number of alkyl carbamates (subject to hydrolysis) is 1. The second-order valence-corrected chi connectivity index (χ2v) is 4.42. The van der Waals surface area contributed by atoms with Gasteiger partial charge in [-0.25, -0.2) is 9.59 Å². The van der Waals surface area contributed by atoms with Crippen LogP contribution in [0.2, 0.25) is 0 Å². The lowest BCUT2D eigenvalue weighted by molar-refractivity contribution is 0.144. The monoisotopic (exact) mass is 274 g/mol. The zero-order valence-electron chi connectivity index (χ0n) is 11.7. The minimum absolute atomic E-state index is 0.344. The maximum atomic E-state index is 11.2. The number of carbonyl (C=O) groups is 2. The molecule has 6 heteroatoms. The van der Waals surface area contributed by atoms with Gasteiger partial charge in [-0.3, -0.25) is 0 Å². The first-order chi connectivity index (χ1) is 9.16. The van der Waals surface area contributed by atoms with Gasteiger partial charge >= 0.3 is 12.2 Å². The highest BCUT2D eigenvalue weighted by molar-refractivity contribution is 5.66. The summed E-state index contributed by atoms with van der Waals surface area (Å²) < 4.78 is 4.99. The minimum atomic E-state index is -0.979. The highest BCUT2D eigenvalue weighted by Crippen LogP contribution is 1.98. The molecule has 0 aliphatic heterocycles. The number of nitrogens with one attached hydrogen (secondary N) is 2. The summed E-state index contributed by atoms with van der Waals surface area (Å²) in [6.07, 6.45) is 5.42. The molecule has 0 aliphatic carbocycles. The van der Waals surface area contributed by atoms with Crippen molar-refractivity contribution in [2.24, 2.45) is 0 Å². The Morgan fingerprint density at radius 1 is 0.947 bits per heavy atom. The van der Waals surface area contributed by atoms with Crippen molar-refractivity contribution in [3.8, 4) is 0 Å². The molecule has 3 N–H and O–H groups in total. The number of amides is 2. The first-order valence-electron chi connectivity index (χ1n) is 7.04. The second-order valence-electron chi connectivity index (χ2n) is 4.42. The standard InChI is InChI=1S/C13H26N2O4/c1-2-3-8-11-19-13(18)15-10-7-5-4-6-9-14-12(16)17/h14H,2-11H2,1H3,(H,15,18)(H,16,17). The smallest absolute Gasteiger partial charge is 0.407 e. The fraction of sp³-hybridized carbons (Fsp3) is 0.846. The third kappa shape index (κ3) is 14.5. The molecule has 0 unspecified atom stereocenters. The van der Waals surface area contributed by atoms with Crippen LogP contribution in [0.5, 0.6) is 0 Å². The van der Waals surface area contributed by atoms with Crippen molar-refractivity contribution >= 4 is 12.2 Å². The third-order valence-electron chi connectivity index (χ3n) is 2.63. The molecular formula is C13H26N2O4. The number of carboxylic acid groups (broad SMARTS) is 1. The van der Waals surface area contributed by atoms with Crippen LogP contribution in [0, 0.1) is 0 Å². The molecule has 0 aromatic rings. The van der Waals surface area contributed by atoms with E-state index in [2.05, 4.69) is 17.6 Å². The van der Waals surface area contributed by atoms with Gasteiger partial charge in [0.2, 0.25) is 0 Å². The Kier molecular flexibility index (Phi) is 12.0. The average molecular weight is 274 g/mol. The van der Waals surface area contributed by atoms with Crippen LogP contribution in [0.15, 0.2) is 0 Å². The van der Waals surface area contributed by atoms with E-state index in [-0.39, 0.29) is 6.09 Å². The van der Waals surface area contributed by atoms with Crippen LogP contribution < -0.4 is 10.6 Å². The maximum absolute atomic E-state index is 11.2. The van der Waals surface area contributed by atoms with E-state index in [0.29, 0.717) is 19.7 Å². The Labute approximate surface area is 114 Å². The number of unbranched alkanes of at least 4 members (excludes halogenated alkanes) is 5. The Hall–Kier alpha value is -1.46. The number of hydrogen-bond acceptors (Lipinski definition) is 3. The number of rotatable bonds is 11. The van der Waals surface area contributed by atoms with Crippen molar-refractivity contribution in [1.29, 1.82) is 0 Å². The Morgan fingerprint density at radius 3 is 2.16 bits per heavy atom. The summed E-state index contributed by atoms with van der Waals surface area (Å²) in [5, 5.41) is 13.4. The van der Waals surface area contributed by atoms with Crippen LogP contribution in [0.1, 0.15) is 51.9 Å². The molecule has 19 heavy (non-hydrogen) atoms. The first-order valence-corrected chi connectivity index (χ1v) is 7.04. The summed E-state index contributed by atoms with van der Waals surface area (Å²) in [5.74, 6) is 0. The number of ether oxygens (including phenoxy) is 1. The minimum Gasteiger partial charge on any atom is -0.465 e. The zero-order chi connectivity index (χ0) is 14.3. The van der Waals surface area contributed by atoms with E-state index in [1.54, 1.807) is 0 Å². The first kappa shape index (κ1) is 17.5. The molecular weight excluding hydrogens is 248 g/mol. The van der Waals surface area contributed by atoms with E-state index in [0.717, 1.165) is 44.9 Å². The van der Waals surface area contributed by atoms with Gasteiger partial charge in [0.1, 0.15) is 0 Å². The quantitative estimate of drug-likeness (QED) is 0.505. The van der Waals surface area contributed by atoms with Gasteiger partial charge in [-0.2, -0.15) is 0 Å². The van der Waals surface area contributed by atoms with Gasteiger partial charge in [0.25, 0.3) is 0 Å². The predicted octanol–water partition coefficient (Wildman–Crippen LogP) is 2.73. The van der Waals surface area contributed by atoms with Crippen molar-refractivity contribution in [1.82, 2.24) is 10.6 Å². The van der Waals surface area contributed by atoms with Crippen LogP contribution in [0.4, 0.5) is 9.59 Å². The van der Waals surface area contributed by atoms with Crippen LogP contribution in [-0.2, 0) is 4.74 Å². The van der Waals surface area contributed by atoms with Crippen LogP contribution in [-0.4, -0.2) is 37.0 Å². The lowest BCUT2D eigenvalue weighted by Crippen LogP contribution is -2.25. The van der Waals surface area contributed by atoms with Crippen LogP contribution >= 0.6 is 0 Å². The summed E-state index contributed by atoms with van der Waals surface area (Å²) in [6, 6.07) is 0. The van der Waals surface area contributed by atoms with E-state index >= 15 is 0 Å². The molecule has 0 bridgehead atoms. The molecule has 0 atom stereocenters. The zero-order valence-corrected chi connectivity index (χ0v) is 11.7. The van der Waals surface area contributed by atoms with E-state index in [1.807, 2.05) is 0 Å². The molecule has 0 aromatic heterocycles. The van der Waals surface area contributed by atoms with Gasteiger partial charge < -0.3 is 20.5 Å². The molecule has 0 radical (unpaired) electrons. The van der Waals surface area contributed by atoms with Crippen molar-refractivity contribution < 1.29 is 19.4 Å². The molecule has 6 nitrogen and oxygen atoms in total. The van der Waals surface area contributed by atoms with Crippen molar-refractivity contribution in [3.63, 3.8) is 0 Å². The summed E-state index contributed by atoms with van der Waals surface area (Å²) in [4.78, 5) is 21.4. The normalized spacial score (nSPS) is 9.95. The topological polar surface area (TPSA) is 87.7 Å². The molecule has 0 heterocycles. The van der Waals surface area contributed by atoms with Gasteiger partial charge in [0, 0.05) is 13.1 Å². The molecule has 0 saturated heterocycles. The highest BCUT2D eigenvalue weighted by Gasteiger charge is 2.00. The van der Waals surface area contributed by atoms with Crippen molar-refractivity contribution in [3.05, 3.63) is 0 Å². The Morgan fingerprint density at radius 2 is 1.58 bits per heavy atom. The fourth-order valence-corrected chi connectivity index (χ4v) is 1.56. The largest absolute Gasteiger partial charge is 0.465 e. The Bertz CT molecular complexity index is 247. The highest BCUT2D eigenvalue weighted by atomic mass is 16.5. The molecule has 2 amide bonds.